The van der Waals surface area contributed by atoms with E-state index in [1.165, 1.54) is 44.9 Å². The summed E-state index contributed by atoms with van der Waals surface area (Å²) in [6, 6.07) is 0. The fourth-order valence-corrected chi connectivity index (χ4v) is 2.09. The first-order valence-electron chi connectivity index (χ1n) is 6.16. The fraction of sp³-hybridized carbons (Fsp3) is 0.714. The lowest BCUT2D eigenvalue weighted by Crippen LogP contribution is -1.80. The Morgan fingerprint density at radius 1 is 1.07 bits per heavy atom. The zero-order valence-electron chi connectivity index (χ0n) is 10.0. The number of allylic oxidation sites excluding steroid dienone is 4. The lowest BCUT2D eigenvalue weighted by atomic mass is 10.1. The van der Waals surface area contributed by atoms with Crippen molar-refractivity contribution < 1.29 is 0 Å². The summed E-state index contributed by atoms with van der Waals surface area (Å²) in [5.41, 5.74) is 4.94. The van der Waals surface area contributed by atoms with Gasteiger partial charge in [-0.2, -0.15) is 0 Å². The van der Waals surface area contributed by atoms with Crippen LogP contribution >= 0.6 is 0 Å². The van der Waals surface area contributed by atoms with E-state index in [0.29, 0.717) is 0 Å². The molecule has 14 heavy (non-hydrogen) atoms. The summed E-state index contributed by atoms with van der Waals surface area (Å²) in [6.45, 7) is 6.85. The Morgan fingerprint density at radius 3 is 2.36 bits per heavy atom. The largest absolute Gasteiger partial charge is 0.0661 e. The van der Waals surface area contributed by atoms with Gasteiger partial charge in [-0.05, 0) is 44.6 Å². The first kappa shape index (κ1) is 11.6. The van der Waals surface area contributed by atoms with Crippen LogP contribution in [0.2, 0.25) is 0 Å². The van der Waals surface area contributed by atoms with Crippen molar-refractivity contribution in [3.63, 3.8) is 0 Å². The van der Waals surface area contributed by atoms with Gasteiger partial charge in [0.05, 0.1) is 0 Å². The van der Waals surface area contributed by atoms with E-state index in [-0.39, 0.29) is 0 Å². The molecule has 0 radical (unpaired) electrons. The minimum Gasteiger partial charge on any atom is -0.0661 e. The average Bonchev–Trinajstić information content (AvgIpc) is 2.53. The molecule has 0 aromatic carbocycles. The fourth-order valence-electron chi connectivity index (χ4n) is 2.09. The normalized spacial score (nSPS) is 16.4. The molecule has 0 aromatic heterocycles. The predicted octanol–water partition coefficient (Wildman–Crippen LogP) is 5.01. The highest BCUT2D eigenvalue weighted by Gasteiger charge is 2.11. The van der Waals surface area contributed by atoms with Crippen molar-refractivity contribution in [2.75, 3.05) is 0 Å². The topological polar surface area (TPSA) is 0 Å². The molecular weight excluding hydrogens is 168 g/mol. The van der Waals surface area contributed by atoms with Crippen LogP contribution in [0.4, 0.5) is 0 Å². The van der Waals surface area contributed by atoms with Gasteiger partial charge in [-0.3, -0.25) is 0 Å². The van der Waals surface area contributed by atoms with E-state index in [1.807, 2.05) is 0 Å². The Labute approximate surface area is 89.1 Å². The first-order valence-corrected chi connectivity index (χ1v) is 6.16. The van der Waals surface area contributed by atoms with Crippen molar-refractivity contribution in [1.29, 1.82) is 0 Å². The summed E-state index contributed by atoms with van der Waals surface area (Å²) in [7, 11) is 0. The summed E-state index contributed by atoms with van der Waals surface area (Å²) >= 11 is 0. The number of hydrogen-bond acceptors (Lipinski definition) is 0. The van der Waals surface area contributed by atoms with Crippen LogP contribution in [0.5, 0.6) is 0 Å². The van der Waals surface area contributed by atoms with Gasteiger partial charge in [0.1, 0.15) is 0 Å². The second-order valence-corrected chi connectivity index (χ2v) is 4.49. The maximum atomic E-state index is 2.47. The summed E-state index contributed by atoms with van der Waals surface area (Å²) < 4.78 is 0. The van der Waals surface area contributed by atoms with Crippen LogP contribution < -0.4 is 0 Å². The van der Waals surface area contributed by atoms with Gasteiger partial charge in [-0.15, -0.1) is 0 Å². The quantitative estimate of drug-likeness (QED) is 0.554. The van der Waals surface area contributed by atoms with Crippen LogP contribution in [-0.4, -0.2) is 0 Å². The monoisotopic (exact) mass is 192 g/mol. The number of unbranched alkanes of at least 4 members (excludes halogenated alkanes) is 2. The van der Waals surface area contributed by atoms with E-state index < -0.39 is 0 Å². The minimum absolute atomic E-state index is 1.26. The molecule has 1 rings (SSSR count). The molecule has 0 N–H and O–H groups in total. The van der Waals surface area contributed by atoms with Crippen LogP contribution in [0.1, 0.15) is 65.7 Å². The highest BCUT2D eigenvalue weighted by molar-refractivity contribution is 5.38. The zero-order valence-corrected chi connectivity index (χ0v) is 10.0. The van der Waals surface area contributed by atoms with E-state index >= 15 is 0 Å². The zero-order chi connectivity index (χ0) is 10.4. The number of hydrogen-bond donors (Lipinski definition) is 0. The molecule has 0 heteroatoms. The molecular formula is C14H24. The molecule has 0 amide bonds. The van der Waals surface area contributed by atoms with Crippen molar-refractivity contribution in [3.8, 4) is 0 Å². The lowest BCUT2D eigenvalue weighted by molar-refractivity contribution is 0.775. The molecule has 0 saturated heterocycles. The molecule has 80 valence electrons. The second-order valence-electron chi connectivity index (χ2n) is 4.49. The molecule has 0 fully saturated rings. The van der Waals surface area contributed by atoms with Crippen molar-refractivity contribution in [3.05, 3.63) is 22.8 Å². The van der Waals surface area contributed by atoms with E-state index in [4.69, 9.17) is 0 Å². The summed E-state index contributed by atoms with van der Waals surface area (Å²) in [4.78, 5) is 0. The van der Waals surface area contributed by atoms with Gasteiger partial charge in [0.15, 0.2) is 0 Å². The third-order valence-corrected chi connectivity index (χ3v) is 3.07. The van der Waals surface area contributed by atoms with Crippen molar-refractivity contribution in [2.24, 2.45) is 0 Å². The lowest BCUT2D eigenvalue weighted by Gasteiger charge is -1.99. The molecule has 0 atom stereocenters. The van der Waals surface area contributed by atoms with E-state index in [9.17, 15) is 0 Å². The Morgan fingerprint density at radius 2 is 1.71 bits per heavy atom. The van der Waals surface area contributed by atoms with E-state index in [1.54, 1.807) is 16.7 Å². The Kier molecular flexibility index (Phi) is 5.00. The minimum atomic E-state index is 1.26. The molecule has 0 unspecified atom stereocenters. The predicted molar refractivity (Wildman–Crippen MR) is 64.5 cm³/mol. The van der Waals surface area contributed by atoms with Crippen LogP contribution in [-0.2, 0) is 0 Å². The van der Waals surface area contributed by atoms with Crippen molar-refractivity contribution in [1.82, 2.24) is 0 Å². The van der Waals surface area contributed by atoms with Gasteiger partial charge in [-0.1, -0.05) is 43.9 Å². The van der Waals surface area contributed by atoms with Crippen LogP contribution in [0.15, 0.2) is 22.8 Å². The highest BCUT2D eigenvalue weighted by Crippen LogP contribution is 2.30. The van der Waals surface area contributed by atoms with Crippen molar-refractivity contribution >= 4 is 0 Å². The standard InChI is InChI=1S/C14H24/c1-4-6-8-13-10-12(3)14(11-13)9-7-5-2/h11H,4-10H2,1-3H3. The molecule has 0 bridgehead atoms. The van der Waals surface area contributed by atoms with Gasteiger partial charge < -0.3 is 0 Å². The highest BCUT2D eigenvalue weighted by atomic mass is 14.2. The first-order chi connectivity index (χ1) is 6.77. The average molecular weight is 192 g/mol. The Bertz CT molecular complexity index is 230. The molecule has 0 nitrogen and oxygen atoms in total. The Hall–Kier alpha value is -0.520. The third kappa shape index (κ3) is 3.32. The molecule has 0 spiro atoms. The summed E-state index contributed by atoms with van der Waals surface area (Å²) in [6.07, 6.45) is 11.7. The molecule has 0 aliphatic heterocycles. The summed E-state index contributed by atoms with van der Waals surface area (Å²) in [5.74, 6) is 0. The van der Waals surface area contributed by atoms with Crippen molar-refractivity contribution in [2.45, 2.75) is 65.7 Å². The van der Waals surface area contributed by atoms with Gasteiger partial charge >= 0.3 is 0 Å². The molecule has 0 heterocycles. The van der Waals surface area contributed by atoms with Crippen LogP contribution in [0.3, 0.4) is 0 Å². The van der Waals surface area contributed by atoms with Gasteiger partial charge in [0.2, 0.25) is 0 Å². The van der Waals surface area contributed by atoms with Gasteiger partial charge in [-0.25, -0.2) is 0 Å². The SMILES string of the molecule is CCCCC1=CC(CCCC)=C(C)C1. The maximum Gasteiger partial charge on any atom is -0.0102 e. The molecule has 0 saturated carbocycles. The van der Waals surface area contributed by atoms with Gasteiger partial charge in [0, 0.05) is 0 Å². The number of rotatable bonds is 6. The maximum absolute atomic E-state index is 2.47. The third-order valence-electron chi connectivity index (χ3n) is 3.07. The van der Waals surface area contributed by atoms with E-state index in [0.717, 1.165) is 0 Å². The Balaban J connectivity index is 2.40. The van der Waals surface area contributed by atoms with Crippen LogP contribution in [0, 0.1) is 0 Å². The van der Waals surface area contributed by atoms with E-state index in [2.05, 4.69) is 26.8 Å². The molecule has 0 aromatic rings. The second kappa shape index (κ2) is 6.06. The summed E-state index contributed by atoms with van der Waals surface area (Å²) in [5, 5.41) is 0. The molecule has 1 aliphatic carbocycles. The van der Waals surface area contributed by atoms with Gasteiger partial charge in [0.25, 0.3) is 0 Å². The molecule has 1 aliphatic rings. The van der Waals surface area contributed by atoms with Crippen LogP contribution in [0.25, 0.3) is 0 Å². The smallest absolute Gasteiger partial charge is 0.0102 e.